The Bertz CT molecular complexity index is 5340. The van der Waals surface area contributed by atoms with Gasteiger partial charge in [-0.15, -0.1) is 6.42 Å². The molecule has 11 aromatic carbocycles. The first-order chi connectivity index (χ1) is 44.9. The van der Waals surface area contributed by atoms with E-state index in [-0.39, 0.29) is 0 Å². The predicted octanol–water partition coefficient (Wildman–Crippen LogP) is 18.9. The number of terminal acetylenes is 1. The van der Waals surface area contributed by atoms with E-state index in [1.165, 1.54) is 0 Å². The quantitative estimate of drug-likeness (QED) is 0.110. The van der Waals surface area contributed by atoms with Gasteiger partial charge in [-0.2, -0.15) is 10.5 Å². The average molecular weight is 1160 g/mol. The van der Waals surface area contributed by atoms with Crippen LogP contribution in [0.1, 0.15) is 29.3 Å². The van der Waals surface area contributed by atoms with Gasteiger partial charge in [-0.1, -0.05) is 206 Å². The summed E-state index contributed by atoms with van der Waals surface area (Å²) in [6.07, 6.45) is 10.7. The fourth-order valence-electron chi connectivity index (χ4n) is 12.4. The summed E-state index contributed by atoms with van der Waals surface area (Å²) in [4.78, 5) is 31.0. The Hall–Kier alpha value is -12.9. The molecule has 0 unspecified atom stereocenters. The molecular weight excluding hydrogens is 1110 g/mol. The van der Waals surface area contributed by atoms with Crippen LogP contribution in [-0.2, 0) is 0 Å². The molecule has 0 bridgehead atoms. The molecule has 4 heterocycles. The normalized spacial score (nSPS) is 11.3. The zero-order valence-corrected chi connectivity index (χ0v) is 49.1. The summed E-state index contributed by atoms with van der Waals surface area (Å²) >= 11 is 0. The van der Waals surface area contributed by atoms with Crippen LogP contribution in [0, 0.1) is 35.0 Å². The van der Waals surface area contributed by atoms with Crippen LogP contribution in [0.15, 0.2) is 273 Å². The van der Waals surface area contributed by atoms with Crippen molar-refractivity contribution in [2.45, 2.75) is 6.92 Å². The van der Waals surface area contributed by atoms with Crippen LogP contribution >= 0.6 is 0 Å². The number of rotatable bonds is 12. The Labute approximate surface area is 525 Å². The van der Waals surface area contributed by atoms with Gasteiger partial charge < -0.3 is 9.13 Å². The van der Waals surface area contributed by atoms with E-state index >= 15 is 0 Å². The minimum Gasteiger partial charge on any atom is -0.309 e. The van der Waals surface area contributed by atoms with Crippen molar-refractivity contribution in [2.24, 2.45) is 0 Å². The van der Waals surface area contributed by atoms with Crippen molar-refractivity contribution in [1.82, 2.24) is 39.0 Å². The number of nitriles is 2. The van der Waals surface area contributed by atoms with Crippen molar-refractivity contribution in [1.29, 1.82) is 10.5 Å². The molecule has 15 aromatic rings. The standard InChI is InChI=1S/C81H50N10/c1-3-23-62-63-32-17-20-35-71(63)90(70(62)4-2)74-44-40-58(80-86-76(54-24-9-5-10-25-54)84-77(87-80)55-26-11-6-12-27-55)48-68(74)66-46-52(50-82)38-42-60(66)61-43-39-53(51-83)47-67(61)69-49-59(41-45-75(69)91-72-36-21-18-33-64(72)65-34-19-22-37-73(65)91)81-88-78(56-28-13-7-14-29-56)85-79(89-81)57-30-15-8-16-31-57/h2-3,5-49H,1H3/b23-3-. The summed E-state index contributed by atoms with van der Waals surface area (Å²) in [7, 11) is 0. The first-order valence-electron chi connectivity index (χ1n) is 29.8. The van der Waals surface area contributed by atoms with Gasteiger partial charge in [0.05, 0.1) is 51.2 Å². The largest absolute Gasteiger partial charge is 0.309 e. The zero-order chi connectivity index (χ0) is 61.4. The average Bonchev–Trinajstić information content (AvgIpc) is 1.73. The maximum atomic E-state index is 11.0. The number of allylic oxidation sites excluding steroid dienone is 1. The molecule has 10 heteroatoms. The maximum Gasteiger partial charge on any atom is 0.164 e. The Morgan fingerprint density at radius 3 is 1.04 bits per heavy atom. The lowest BCUT2D eigenvalue weighted by molar-refractivity contribution is 1.07. The smallest absolute Gasteiger partial charge is 0.164 e. The van der Waals surface area contributed by atoms with Crippen molar-refractivity contribution in [2.75, 3.05) is 0 Å². The maximum absolute atomic E-state index is 11.0. The second-order valence-electron chi connectivity index (χ2n) is 21.9. The summed E-state index contributed by atoms with van der Waals surface area (Å²) in [5, 5.41) is 25.2. The first-order valence-corrected chi connectivity index (χ1v) is 29.8. The molecule has 10 nitrogen and oxygen atoms in total. The number of nitrogens with zero attached hydrogens (tertiary/aromatic N) is 10. The lowest BCUT2D eigenvalue weighted by atomic mass is 9.86. The number of para-hydroxylation sites is 3. The first kappa shape index (κ1) is 54.7. The summed E-state index contributed by atoms with van der Waals surface area (Å²) in [6, 6.07) is 93.9. The number of hydrogen-bond donors (Lipinski definition) is 0. The van der Waals surface area contributed by atoms with E-state index in [9.17, 15) is 10.5 Å². The van der Waals surface area contributed by atoms with Gasteiger partial charge in [-0.05, 0) is 108 Å². The van der Waals surface area contributed by atoms with E-state index in [1.807, 2.05) is 189 Å². The molecule has 0 radical (unpaired) electrons. The Kier molecular flexibility index (Phi) is 14.1. The second kappa shape index (κ2) is 23.4. The number of aromatic nitrogens is 8. The highest BCUT2D eigenvalue weighted by molar-refractivity contribution is 6.10. The third-order valence-corrected chi connectivity index (χ3v) is 16.5. The molecule has 0 spiro atoms. The molecule has 0 amide bonds. The lowest BCUT2D eigenvalue weighted by Crippen LogP contribution is -2.04. The van der Waals surface area contributed by atoms with E-state index in [1.54, 1.807) is 0 Å². The zero-order valence-electron chi connectivity index (χ0n) is 49.1. The fourth-order valence-corrected chi connectivity index (χ4v) is 12.4. The van der Waals surface area contributed by atoms with Crippen LogP contribution in [0.4, 0.5) is 0 Å². The van der Waals surface area contributed by atoms with Gasteiger partial charge in [-0.3, -0.25) is 0 Å². The molecule has 0 aliphatic rings. The molecule has 0 atom stereocenters. The van der Waals surface area contributed by atoms with Gasteiger partial charge in [0.25, 0.3) is 0 Å². The van der Waals surface area contributed by atoms with Crippen LogP contribution in [-0.4, -0.2) is 39.0 Å². The molecule has 0 fully saturated rings. The van der Waals surface area contributed by atoms with Gasteiger partial charge >= 0.3 is 0 Å². The SMILES string of the molecule is C#Cc1c(/C=C\C)c2ccccc2n1-c1ccc(-c2nc(-c3ccccc3)nc(-c3ccccc3)n2)cc1-c1cc(C#N)ccc1-c1ccc(C#N)cc1-c1cc(-c2nc(-c3ccccc3)nc(-c3ccccc3)n2)ccc1-n1c2ccccc2c2ccccc21. The molecule has 0 N–H and O–H groups in total. The molecule has 0 aliphatic carbocycles. The predicted molar refractivity (Wildman–Crippen MR) is 365 cm³/mol. The molecule has 4 aromatic heterocycles. The highest BCUT2D eigenvalue weighted by Gasteiger charge is 2.26. The third kappa shape index (κ3) is 9.93. The number of fused-ring (bicyclic) bond motifs is 4. The van der Waals surface area contributed by atoms with Gasteiger partial charge in [0.1, 0.15) is 5.69 Å². The molecule has 91 heavy (non-hydrogen) atoms. The molecule has 0 saturated heterocycles. The minimum absolute atomic E-state index is 0.429. The van der Waals surface area contributed by atoms with Gasteiger partial charge in [0.15, 0.2) is 34.9 Å². The van der Waals surface area contributed by atoms with Gasteiger partial charge in [0, 0.05) is 66.2 Å². The van der Waals surface area contributed by atoms with Crippen molar-refractivity contribution in [3.8, 4) is 138 Å². The molecule has 0 aliphatic heterocycles. The van der Waals surface area contributed by atoms with Crippen molar-refractivity contribution < 1.29 is 0 Å². The van der Waals surface area contributed by atoms with Crippen molar-refractivity contribution in [3.05, 3.63) is 295 Å². The monoisotopic (exact) mass is 1160 g/mol. The highest BCUT2D eigenvalue weighted by atomic mass is 15.1. The summed E-state index contributed by atoms with van der Waals surface area (Å²) in [5.74, 6) is 6.07. The van der Waals surface area contributed by atoms with Gasteiger partial charge in [-0.25, -0.2) is 29.9 Å². The van der Waals surface area contributed by atoms with Crippen LogP contribution in [0.3, 0.4) is 0 Å². The van der Waals surface area contributed by atoms with Crippen LogP contribution < -0.4 is 0 Å². The lowest BCUT2D eigenvalue weighted by Gasteiger charge is -2.22. The summed E-state index contributed by atoms with van der Waals surface area (Å²) < 4.78 is 4.44. The molecule has 15 rings (SSSR count). The number of hydrogen-bond acceptors (Lipinski definition) is 8. The molecule has 0 saturated carbocycles. The van der Waals surface area contributed by atoms with Gasteiger partial charge in [0.2, 0.25) is 0 Å². The minimum atomic E-state index is 0.429. The third-order valence-electron chi connectivity index (χ3n) is 16.5. The topological polar surface area (TPSA) is 135 Å². The van der Waals surface area contributed by atoms with E-state index in [2.05, 4.69) is 124 Å². The van der Waals surface area contributed by atoms with Crippen molar-refractivity contribution in [3.63, 3.8) is 0 Å². The fraction of sp³-hybridized carbons (Fsp3) is 0.0123. The van der Waals surface area contributed by atoms with E-state index in [0.29, 0.717) is 62.9 Å². The molecular formula is C81H50N10. The second-order valence-corrected chi connectivity index (χ2v) is 21.9. The van der Waals surface area contributed by atoms with Crippen LogP contribution in [0.5, 0.6) is 0 Å². The van der Waals surface area contributed by atoms with E-state index < -0.39 is 0 Å². The number of benzene rings is 11. The van der Waals surface area contributed by atoms with E-state index in [0.717, 1.165) is 105 Å². The van der Waals surface area contributed by atoms with E-state index in [4.69, 9.17) is 36.3 Å². The van der Waals surface area contributed by atoms with Crippen molar-refractivity contribution >= 4 is 38.8 Å². The Morgan fingerprint density at radius 2 is 0.670 bits per heavy atom. The molecule has 424 valence electrons. The van der Waals surface area contributed by atoms with Crippen LogP contribution in [0.25, 0.3) is 152 Å². The summed E-state index contributed by atoms with van der Waals surface area (Å²) in [6.45, 7) is 1.99. The van der Waals surface area contributed by atoms with Crippen LogP contribution in [0.2, 0.25) is 0 Å². The Balaban J connectivity index is 1.03. The summed E-state index contributed by atoms with van der Waals surface area (Å²) in [5.41, 5.74) is 16.2. The Morgan fingerprint density at radius 1 is 0.330 bits per heavy atom. The highest BCUT2D eigenvalue weighted by Crippen LogP contribution is 2.47.